The molecule has 3 aromatic rings. The fourth-order valence-electron chi connectivity index (χ4n) is 4.51. The van der Waals surface area contributed by atoms with Crippen LogP contribution in [-0.2, 0) is 9.59 Å². The first kappa shape index (κ1) is 25.1. The Labute approximate surface area is 214 Å². The number of rotatable bonds is 6. The van der Waals surface area contributed by atoms with Gasteiger partial charge in [-0.25, -0.2) is 0 Å². The van der Waals surface area contributed by atoms with E-state index in [1.165, 1.54) is 38.4 Å². The zero-order valence-corrected chi connectivity index (χ0v) is 21.3. The van der Waals surface area contributed by atoms with E-state index in [1.807, 2.05) is 32.0 Å². The maximum Gasteiger partial charge on any atom is 0.300 e. The molecule has 8 heteroatoms. The highest BCUT2D eigenvalue weighted by Gasteiger charge is 2.47. The third kappa shape index (κ3) is 4.38. The number of nitrogens with zero attached hydrogens (tertiary/aromatic N) is 1. The lowest BCUT2D eigenvalue weighted by atomic mass is 9.94. The Balaban J connectivity index is 2.03. The quantitative estimate of drug-likeness (QED) is 0.265. The fourth-order valence-corrected chi connectivity index (χ4v) is 4.74. The predicted molar refractivity (Wildman–Crippen MR) is 138 cm³/mol. The molecule has 0 spiro atoms. The molecule has 1 saturated heterocycles. The van der Waals surface area contributed by atoms with Gasteiger partial charge in [-0.15, -0.1) is 0 Å². The van der Waals surface area contributed by atoms with E-state index in [0.29, 0.717) is 17.0 Å². The molecule has 1 N–H and O–H groups in total. The molecule has 36 heavy (non-hydrogen) atoms. The summed E-state index contributed by atoms with van der Waals surface area (Å²) in [6.07, 6.45) is 0. The number of halogens is 1. The summed E-state index contributed by atoms with van der Waals surface area (Å²) in [6.45, 7) is 3.83. The Morgan fingerprint density at radius 1 is 0.889 bits per heavy atom. The number of amides is 1. The van der Waals surface area contributed by atoms with Gasteiger partial charge in [0, 0.05) is 11.8 Å². The number of carbonyl (C=O) groups is 2. The van der Waals surface area contributed by atoms with Crippen LogP contribution in [0.15, 0.2) is 60.2 Å². The van der Waals surface area contributed by atoms with E-state index in [4.69, 9.17) is 25.8 Å². The summed E-state index contributed by atoms with van der Waals surface area (Å²) in [5.41, 5.74) is 3.08. The highest BCUT2D eigenvalue weighted by molar-refractivity contribution is 6.51. The average molecular weight is 508 g/mol. The number of ketones is 1. The normalized spacial score (nSPS) is 16.8. The maximum atomic E-state index is 13.5. The summed E-state index contributed by atoms with van der Waals surface area (Å²) in [5.74, 6) is -0.936. The molecule has 0 bridgehead atoms. The molecule has 186 valence electrons. The summed E-state index contributed by atoms with van der Waals surface area (Å²) in [4.78, 5) is 28.4. The number of Topliss-reactive ketones (excluding diaryl/α,β-unsaturated/α-hetero) is 1. The largest absolute Gasteiger partial charge is 0.507 e. The summed E-state index contributed by atoms with van der Waals surface area (Å²) in [7, 11) is 4.39. The van der Waals surface area contributed by atoms with Gasteiger partial charge in [0.25, 0.3) is 11.7 Å². The third-order valence-corrected chi connectivity index (χ3v) is 6.36. The van der Waals surface area contributed by atoms with Gasteiger partial charge in [-0.2, -0.15) is 0 Å². The van der Waals surface area contributed by atoms with Crippen LogP contribution in [0.3, 0.4) is 0 Å². The smallest absolute Gasteiger partial charge is 0.300 e. The summed E-state index contributed by atoms with van der Waals surface area (Å²) < 4.78 is 16.1. The van der Waals surface area contributed by atoms with Crippen LogP contribution in [-0.4, -0.2) is 38.1 Å². The van der Waals surface area contributed by atoms with Crippen molar-refractivity contribution in [1.82, 2.24) is 0 Å². The van der Waals surface area contributed by atoms with Crippen molar-refractivity contribution < 1.29 is 28.9 Å². The van der Waals surface area contributed by atoms with Crippen LogP contribution in [0.5, 0.6) is 17.2 Å². The van der Waals surface area contributed by atoms with E-state index in [1.54, 1.807) is 24.3 Å². The van der Waals surface area contributed by atoms with E-state index in [-0.39, 0.29) is 27.7 Å². The Kier molecular flexibility index (Phi) is 6.95. The van der Waals surface area contributed by atoms with Gasteiger partial charge in [0.05, 0.1) is 43.5 Å². The Morgan fingerprint density at radius 3 is 2.17 bits per heavy atom. The van der Waals surface area contributed by atoms with E-state index in [9.17, 15) is 14.7 Å². The average Bonchev–Trinajstić information content (AvgIpc) is 3.13. The zero-order chi connectivity index (χ0) is 26.1. The minimum absolute atomic E-state index is 0.0879. The lowest BCUT2D eigenvalue weighted by Gasteiger charge is -2.26. The van der Waals surface area contributed by atoms with Crippen molar-refractivity contribution in [1.29, 1.82) is 0 Å². The van der Waals surface area contributed by atoms with Crippen LogP contribution in [0.2, 0.25) is 5.02 Å². The van der Waals surface area contributed by atoms with Crippen molar-refractivity contribution >= 4 is 34.7 Å². The van der Waals surface area contributed by atoms with Gasteiger partial charge in [-0.1, -0.05) is 29.8 Å². The van der Waals surface area contributed by atoms with E-state index >= 15 is 0 Å². The minimum Gasteiger partial charge on any atom is -0.507 e. The molecule has 4 rings (SSSR count). The van der Waals surface area contributed by atoms with Crippen molar-refractivity contribution in [3.63, 3.8) is 0 Å². The number of methoxy groups -OCH3 is 3. The summed E-state index contributed by atoms with van der Waals surface area (Å²) in [6, 6.07) is 14.7. The lowest BCUT2D eigenvalue weighted by molar-refractivity contribution is -0.132. The number of aryl methyl sites for hydroxylation is 2. The van der Waals surface area contributed by atoms with Crippen LogP contribution >= 0.6 is 11.6 Å². The number of aliphatic hydroxyl groups excluding tert-OH is 1. The second kappa shape index (κ2) is 9.95. The molecule has 0 radical (unpaired) electrons. The highest BCUT2D eigenvalue weighted by atomic mass is 35.5. The van der Waals surface area contributed by atoms with Crippen molar-refractivity contribution in [3.05, 3.63) is 87.4 Å². The Morgan fingerprint density at radius 2 is 1.56 bits per heavy atom. The van der Waals surface area contributed by atoms with Crippen molar-refractivity contribution in [2.45, 2.75) is 19.9 Å². The Bertz CT molecular complexity index is 1380. The summed E-state index contributed by atoms with van der Waals surface area (Å²) >= 11 is 6.24. The van der Waals surface area contributed by atoms with Gasteiger partial charge in [0.15, 0.2) is 0 Å². The lowest BCUT2D eigenvalue weighted by Crippen LogP contribution is -2.29. The van der Waals surface area contributed by atoms with Crippen LogP contribution < -0.4 is 19.1 Å². The highest BCUT2D eigenvalue weighted by Crippen LogP contribution is 2.45. The second-order valence-corrected chi connectivity index (χ2v) is 8.89. The number of anilines is 1. The molecule has 0 aromatic heterocycles. The SMILES string of the molecule is COc1cccc(C2/C(=C(\O)c3cc(OC)c(Cl)cc3OC)C(=O)C(=O)N2c2cc(C)cc(C)c2)c1. The first-order valence-corrected chi connectivity index (χ1v) is 11.5. The van der Waals surface area contributed by atoms with Crippen LogP contribution in [0.25, 0.3) is 5.76 Å². The van der Waals surface area contributed by atoms with Crippen molar-refractivity contribution in [3.8, 4) is 17.2 Å². The monoisotopic (exact) mass is 507 g/mol. The molecular formula is C28H26ClNO6. The number of hydrogen-bond acceptors (Lipinski definition) is 6. The van der Waals surface area contributed by atoms with E-state index in [0.717, 1.165) is 11.1 Å². The number of ether oxygens (including phenoxy) is 3. The van der Waals surface area contributed by atoms with Gasteiger partial charge in [0.1, 0.15) is 23.0 Å². The first-order valence-electron chi connectivity index (χ1n) is 11.1. The third-order valence-electron chi connectivity index (χ3n) is 6.07. The van der Waals surface area contributed by atoms with Crippen molar-refractivity contribution in [2.75, 3.05) is 26.2 Å². The molecule has 1 amide bonds. The predicted octanol–water partition coefficient (Wildman–Crippen LogP) is 5.61. The van der Waals surface area contributed by atoms with E-state index < -0.39 is 23.5 Å². The molecule has 7 nitrogen and oxygen atoms in total. The number of hydrogen-bond donors (Lipinski definition) is 1. The molecule has 0 saturated carbocycles. The topological polar surface area (TPSA) is 85.3 Å². The van der Waals surface area contributed by atoms with Gasteiger partial charge in [-0.3, -0.25) is 14.5 Å². The molecule has 1 aliphatic heterocycles. The molecule has 1 atom stereocenters. The van der Waals surface area contributed by atoms with Crippen LogP contribution in [0.1, 0.15) is 28.3 Å². The van der Waals surface area contributed by atoms with Gasteiger partial charge in [0.2, 0.25) is 0 Å². The number of carbonyl (C=O) groups excluding carboxylic acids is 2. The second-order valence-electron chi connectivity index (χ2n) is 8.48. The molecule has 1 aliphatic rings. The molecule has 0 aliphatic carbocycles. The van der Waals surface area contributed by atoms with E-state index in [2.05, 4.69) is 0 Å². The molecule has 1 fully saturated rings. The van der Waals surface area contributed by atoms with Gasteiger partial charge >= 0.3 is 0 Å². The number of aliphatic hydroxyl groups is 1. The fraction of sp³-hybridized carbons (Fsp3) is 0.214. The number of benzene rings is 3. The molecule has 1 unspecified atom stereocenters. The zero-order valence-electron chi connectivity index (χ0n) is 20.6. The van der Waals surface area contributed by atoms with Crippen molar-refractivity contribution in [2.24, 2.45) is 0 Å². The molecular weight excluding hydrogens is 482 g/mol. The Hall–Kier alpha value is -3.97. The van der Waals surface area contributed by atoms with Crippen LogP contribution in [0, 0.1) is 13.8 Å². The summed E-state index contributed by atoms with van der Waals surface area (Å²) in [5, 5.41) is 11.8. The molecule has 3 aromatic carbocycles. The minimum atomic E-state index is -0.923. The van der Waals surface area contributed by atoms with Crippen LogP contribution in [0.4, 0.5) is 5.69 Å². The maximum absolute atomic E-state index is 13.5. The van der Waals surface area contributed by atoms with Gasteiger partial charge < -0.3 is 19.3 Å². The van der Waals surface area contributed by atoms with Gasteiger partial charge in [-0.05, 0) is 60.9 Å². The first-order chi connectivity index (χ1) is 17.2. The standard InChI is InChI=1S/C28H26ClNO6/c1-15-9-16(2)11-18(10-15)30-25(17-7-6-8-19(12-17)34-3)24(27(32)28(30)33)26(31)20-13-23(36-5)21(29)14-22(20)35-4/h6-14,25,31H,1-5H3/b26-24+. The molecule has 1 heterocycles.